The number of carbonyl (C=O) groups is 1. The van der Waals surface area contributed by atoms with E-state index in [1.54, 1.807) is 0 Å². The van der Waals surface area contributed by atoms with Gasteiger partial charge in [0.2, 0.25) is 0 Å². The van der Waals surface area contributed by atoms with Crippen molar-refractivity contribution in [3.63, 3.8) is 0 Å². The number of halogens is 3. The Bertz CT molecular complexity index is 799. The van der Waals surface area contributed by atoms with Crippen LogP contribution in [0.2, 0.25) is 0 Å². The van der Waals surface area contributed by atoms with Gasteiger partial charge < -0.3 is 18.8 Å². The number of benzene rings is 1. The van der Waals surface area contributed by atoms with Crippen molar-refractivity contribution in [1.29, 1.82) is 0 Å². The van der Waals surface area contributed by atoms with Crippen LogP contribution in [0.25, 0.3) is 0 Å². The minimum Gasteiger partial charge on any atom is -0.748 e. The molecule has 0 atom stereocenters. The topological polar surface area (TPSA) is 102 Å². The molecule has 1 aromatic rings. The lowest BCUT2D eigenvalue weighted by Crippen LogP contribution is -2.32. The van der Waals surface area contributed by atoms with E-state index in [0.717, 1.165) is 31.0 Å². The SMILES string of the molecule is CCC1(Oc2cc(C(=O)OCCS(=O)(=O)[O-])ccc2OC(F)(F)F)CCCC1. The van der Waals surface area contributed by atoms with Gasteiger partial charge in [-0.25, -0.2) is 13.2 Å². The first-order valence-electron chi connectivity index (χ1n) is 8.62. The van der Waals surface area contributed by atoms with Crippen molar-refractivity contribution >= 4 is 16.1 Å². The zero-order chi connectivity index (χ0) is 21.0. The van der Waals surface area contributed by atoms with Gasteiger partial charge in [0.15, 0.2) is 11.5 Å². The molecule has 0 spiro atoms. The highest BCUT2D eigenvalue weighted by Gasteiger charge is 2.37. The van der Waals surface area contributed by atoms with Crippen molar-refractivity contribution < 1.29 is 45.1 Å². The standard InChI is InChI=1S/C17H21F3O7S/c1-2-16(7-3-4-8-16)26-14-11-12(5-6-13(14)27-17(18,19)20)15(21)25-9-10-28(22,23)24/h5-6,11H,2-4,7-10H2,1H3,(H,22,23,24)/p-1. The molecule has 1 aromatic carbocycles. The van der Waals surface area contributed by atoms with E-state index in [9.17, 15) is 30.9 Å². The summed E-state index contributed by atoms with van der Waals surface area (Å²) < 4.78 is 84.3. The maximum absolute atomic E-state index is 12.7. The molecule has 11 heteroatoms. The fourth-order valence-electron chi connectivity index (χ4n) is 3.02. The average molecular weight is 425 g/mol. The normalized spacial score (nSPS) is 16.6. The van der Waals surface area contributed by atoms with Gasteiger partial charge in [0.05, 0.1) is 21.4 Å². The molecule has 0 bridgehead atoms. The summed E-state index contributed by atoms with van der Waals surface area (Å²) in [4.78, 5) is 12.0. The van der Waals surface area contributed by atoms with Gasteiger partial charge in [-0.3, -0.25) is 0 Å². The molecular weight excluding hydrogens is 405 g/mol. The lowest BCUT2D eigenvalue weighted by molar-refractivity contribution is -0.275. The highest BCUT2D eigenvalue weighted by atomic mass is 32.2. The Kier molecular flexibility index (Phi) is 6.81. The molecule has 158 valence electrons. The van der Waals surface area contributed by atoms with E-state index in [1.807, 2.05) is 6.92 Å². The lowest BCUT2D eigenvalue weighted by atomic mass is 9.98. The summed E-state index contributed by atoms with van der Waals surface area (Å²) >= 11 is 0. The largest absolute Gasteiger partial charge is 0.748 e. The van der Waals surface area contributed by atoms with Gasteiger partial charge in [-0.15, -0.1) is 13.2 Å². The number of ether oxygens (including phenoxy) is 3. The summed E-state index contributed by atoms with van der Waals surface area (Å²) in [7, 11) is -4.56. The molecule has 7 nitrogen and oxygen atoms in total. The van der Waals surface area contributed by atoms with Crippen LogP contribution in [-0.4, -0.2) is 43.3 Å². The third-order valence-corrected chi connectivity index (χ3v) is 5.12. The maximum Gasteiger partial charge on any atom is 0.573 e. The van der Waals surface area contributed by atoms with Gasteiger partial charge in [-0.2, -0.15) is 0 Å². The van der Waals surface area contributed by atoms with Crippen LogP contribution < -0.4 is 9.47 Å². The molecule has 0 heterocycles. The molecule has 0 unspecified atom stereocenters. The lowest BCUT2D eigenvalue weighted by Gasteiger charge is -2.30. The van der Waals surface area contributed by atoms with E-state index in [0.29, 0.717) is 19.3 Å². The highest BCUT2D eigenvalue weighted by molar-refractivity contribution is 7.85. The van der Waals surface area contributed by atoms with Crippen molar-refractivity contribution in [3.8, 4) is 11.5 Å². The monoisotopic (exact) mass is 425 g/mol. The van der Waals surface area contributed by atoms with Crippen LogP contribution in [-0.2, 0) is 14.9 Å². The minimum absolute atomic E-state index is 0.155. The molecule has 28 heavy (non-hydrogen) atoms. The molecule has 0 N–H and O–H groups in total. The zero-order valence-corrected chi connectivity index (χ0v) is 15.9. The Morgan fingerprint density at radius 2 is 1.86 bits per heavy atom. The van der Waals surface area contributed by atoms with Crippen LogP contribution in [0.3, 0.4) is 0 Å². The highest BCUT2D eigenvalue weighted by Crippen LogP contribution is 2.41. The zero-order valence-electron chi connectivity index (χ0n) is 15.1. The maximum atomic E-state index is 12.7. The van der Waals surface area contributed by atoms with Crippen molar-refractivity contribution in [2.75, 3.05) is 12.4 Å². The van der Waals surface area contributed by atoms with Gasteiger partial charge in [0.25, 0.3) is 0 Å². The molecule has 0 amide bonds. The van der Waals surface area contributed by atoms with E-state index in [2.05, 4.69) is 9.47 Å². The summed E-state index contributed by atoms with van der Waals surface area (Å²) in [5.41, 5.74) is -0.805. The second-order valence-corrected chi connectivity index (χ2v) is 7.98. The first kappa shape index (κ1) is 22.3. The third kappa shape index (κ3) is 6.55. The van der Waals surface area contributed by atoms with Gasteiger partial charge >= 0.3 is 12.3 Å². The summed E-state index contributed by atoms with van der Waals surface area (Å²) in [5.74, 6) is -2.75. The molecule has 1 aliphatic rings. The fraction of sp³-hybridized carbons (Fsp3) is 0.588. The second kappa shape index (κ2) is 8.56. The molecule has 2 rings (SSSR count). The quantitative estimate of drug-likeness (QED) is 0.465. The van der Waals surface area contributed by atoms with Crippen LogP contribution >= 0.6 is 0 Å². The first-order chi connectivity index (χ1) is 12.9. The molecule has 0 aliphatic heterocycles. The van der Waals surface area contributed by atoms with Crippen LogP contribution in [0.1, 0.15) is 49.4 Å². The number of carbonyl (C=O) groups excluding carboxylic acids is 1. The predicted molar refractivity (Wildman–Crippen MR) is 90.1 cm³/mol. The van der Waals surface area contributed by atoms with Crippen molar-refractivity contribution in [2.45, 2.75) is 51.0 Å². The molecule has 1 fully saturated rings. The van der Waals surface area contributed by atoms with Gasteiger partial charge in [-0.05, 0) is 50.3 Å². The molecule has 0 saturated heterocycles. The molecule has 0 aromatic heterocycles. The summed E-state index contributed by atoms with van der Waals surface area (Å²) in [5, 5.41) is 0. The van der Waals surface area contributed by atoms with E-state index in [4.69, 9.17) is 4.74 Å². The van der Waals surface area contributed by atoms with E-state index >= 15 is 0 Å². The number of esters is 1. The number of hydrogen-bond acceptors (Lipinski definition) is 7. The number of rotatable bonds is 8. The van der Waals surface area contributed by atoms with Crippen LogP contribution in [0, 0.1) is 0 Å². The van der Waals surface area contributed by atoms with Crippen LogP contribution in [0.4, 0.5) is 13.2 Å². The van der Waals surface area contributed by atoms with Gasteiger partial charge in [0.1, 0.15) is 12.2 Å². The first-order valence-corrected chi connectivity index (χ1v) is 10.2. The summed E-state index contributed by atoms with van der Waals surface area (Å²) in [6.07, 6.45) is -1.33. The fourth-order valence-corrected chi connectivity index (χ4v) is 3.31. The van der Waals surface area contributed by atoms with Crippen LogP contribution in [0.15, 0.2) is 18.2 Å². The Morgan fingerprint density at radius 1 is 1.21 bits per heavy atom. The number of hydrogen-bond donors (Lipinski definition) is 0. The number of alkyl halides is 3. The Balaban J connectivity index is 2.25. The summed E-state index contributed by atoms with van der Waals surface area (Å²) in [6, 6.07) is 3.03. The van der Waals surface area contributed by atoms with Crippen LogP contribution in [0.5, 0.6) is 11.5 Å². The van der Waals surface area contributed by atoms with E-state index in [-0.39, 0.29) is 11.3 Å². The second-order valence-electron chi connectivity index (χ2n) is 6.45. The average Bonchev–Trinajstić information content (AvgIpc) is 3.03. The Labute approximate surface area is 160 Å². The minimum atomic E-state index is -4.95. The van der Waals surface area contributed by atoms with Crippen molar-refractivity contribution in [2.24, 2.45) is 0 Å². The molecule has 1 saturated carbocycles. The van der Waals surface area contributed by atoms with Gasteiger partial charge in [-0.1, -0.05) is 6.92 Å². The van der Waals surface area contributed by atoms with Crippen molar-refractivity contribution in [1.82, 2.24) is 0 Å². The molecule has 1 aliphatic carbocycles. The molecule has 0 radical (unpaired) electrons. The van der Waals surface area contributed by atoms with Gasteiger partial charge in [0, 0.05) is 0 Å². The van der Waals surface area contributed by atoms with E-state index in [1.165, 1.54) is 0 Å². The van der Waals surface area contributed by atoms with E-state index < -0.39 is 46.2 Å². The molecular formula is C17H20F3O7S-. The Hall–Kier alpha value is -2.01. The predicted octanol–water partition coefficient (Wildman–Crippen LogP) is 3.39. The Morgan fingerprint density at radius 3 is 2.39 bits per heavy atom. The smallest absolute Gasteiger partial charge is 0.573 e. The van der Waals surface area contributed by atoms with Crippen molar-refractivity contribution in [3.05, 3.63) is 23.8 Å². The summed E-state index contributed by atoms with van der Waals surface area (Å²) in [6.45, 7) is 1.19. The third-order valence-electron chi connectivity index (χ3n) is 4.46.